The minimum Gasteiger partial charge on any atom is -0.384 e. The second kappa shape index (κ2) is 3.59. The number of halogens is 1. The highest BCUT2D eigenvalue weighted by Crippen LogP contribution is 2.16. The van der Waals surface area contributed by atoms with Gasteiger partial charge < -0.3 is 5.73 Å². The molecule has 2 aromatic rings. The van der Waals surface area contributed by atoms with E-state index in [4.69, 9.17) is 17.3 Å². The monoisotopic (exact) mass is 206 g/mol. The minimum absolute atomic E-state index is 0.360. The standard InChI is InChI=1S/C9H7ClN4/c10-8-5-12-4-7(14-8)6-1-2-9(11)13-3-6/h1-5H,(H2,11,13). The summed E-state index contributed by atoms with van der Waals surface area (Å²) in [5, 5.41) is 0.360. The fourth-order valence-corrected chi connectivity index (χ4v) is 1.19. The molecule has 2 rings (SSSR count). The van der Waals surface area contributed by atoms with Gasteiger partial charge in [0.2, 0.25) is 0 Å². The van der Waals surface area contributed by atoms with Gasteiger partial charge in [-0.25, -0.2) is 9.97 Å². The molecule has 0 saturated heterocycles. The van der Waals surface area contributed by atoms with E-state index < -0.39 is 0 Å². The van der Waals surface area contributed by atoms with Crippen molar-refractivity contribution in [3.8, 4) is 11.3 Å². The SMILES string of the molecule is Nc1ccc(-c2cncc(Cl)n2)cn1. The first kappa shape index (κ1) is 8.90. The van der Waals surface area contributed by atoms with Gasteiger partial charge in [0.1, 0.15) is 11.0 Å². The summed E-state index contributed by atoms with van der Waals surface area (Å²) in [5.74, 6) is 0.476. The molecular weight excluding hydrogens is 200 g/mol. The number of nitrogens with zero attached hydrogens (tertiary/aromatic N) is 3. The zero-order valence-electron chi connectivity index (χ0n) is 7.18. The number of pyridine rings is 1. The Bertz CT molecular complexity index is 441. The maximum Gasteiger partial charge on any atom is 0.148 e. The second-order valence-corrected chi connectivity index (χ2v) is 3.09. The van der Waals surface area contributed by atoms with Crippen molar-refractivity contribution < 1.29 is 0 Å². The molecule has 0 aliphatic rings. The van der Waals surface area contributed by atoms with Crippen molar-refractivity contribution in [3.63, 3.8) is 0 Å². The second-order valence-electron chi connectivity index (χ2n) is 2.70. The van der Waals surface area contributed by atoms with E-state index in [0.29, 0.717) is 16.7 Å². The molecule has 0 radical (unpaired) electrons. The van der Waals surface area contributed by atoms with Crippen molar-refractivity contribution in [1.82, 2.24) is 15.0 Å². The van der Waals surface area contributed by atoms with Gasteiger partial charge in [0.25, 0.3) is 0 Å². The maximum atomic E-state index is 5.71. The van der Waals surface area contributed by atoms with Gasteiger partial charge in [-0.2, -0.15) is 0 Å². The molecule has 0 aliphatic heterocycles. The highest BCUT2D eigenvalue weighted by Gasteiger charge is 2.00. The first-order valence-corrected chi connectivity index (χ1v) is 4.33. The highest BCUT2D eigenvalue weighted by atomic mass is 35.5. The van der Waals surface area contributed by atoms with E-state index in [9.17, 15) is 0 Å². The van der Waals surface area contributed by atoms with E-state index in [1.54, 1.807) is 18.5 Å². The Kier molecular flexibility index (Phi) is 2.28. The summed E-state index contributed by atoms with van der Waals surface area (Å²) in [6, 6.07) is 3.53. The van der Waals surface area contributed by atoms with E-state index in [0.717, 1.165) is 5.56 Å². The predicted molar refractivity (Wildman–Crippen MR) is 54.7 cm³/mol. The van der Waals surface area contributed by atoms with Crippen LogP contribution in [0.5, 0.6) is 0 Å². The molecule has 0 atom stereocenters. The fourth-order valence-electron chi connectivity index (χ4n) is 1.04. The van der Waals surface area contributed by atoms with Crippen LogP contribution >= 0.6 is 11.6 Å². The van der Waals surface area contributed by atoms with Gasteiger partial charge in [0, 0.05) is 11.8 Å². The van der Waals surface area contributed by atoms with E-state index in [-0.39, 0.29) is 0 Å². The Morgan fingerprint density at radius 1 is 1.14 bits per heavy atom. The molecule has 2 heterocycles. The zero-order valence-corrected chi connectivity index (χ0v) is 7.94. The number of nitrogens with two attached hydrogens (primary N) is 1. The molecule has 70 valence electrons. The van der Waals surface area contributed by atoms with Crippen LogP contribution in [0.25, 0.3) is 11.3 Å². The fraction of sp³-hybridized carbons (Fsp3) is 0. The van der Waals surface area contributed by atoms with Crippen LogP contribution in [0.3, 0.4) is 0 Å². The van der Waals surface area contributed by atoms with Crippen LogP contribution in [-0.4, -0.2) is 15.0 Å². The molecule has 0 unspecified atom stereocenters. The van der Waals surface area contributed by atoms with Gasteiger partial charge in [-0.1, -0.05) is 11.6 Å². The lowest BCUT2D eigenvalue weighted by Gasteiger charge is -1.99. The van der Waals surface area contributed by atoms with Crippen LogP contribution < -0.4 is 5.73 Å². The molecule has 4 nitrogen and oxygen atoms in total. The Hall–Kier alpha value is -1.68. The number of nitrogen functional groups attached to an aromatic ring is 1. The molecule has 0 aliphatic carbocycles. The van der Waals surface area contributed by atoms with E-state index in [1.807, 2.05) is 6.07 Å². The number of hydrogen-bond acceptors (Lipinski definition) is 4. The maximum absolute atomic E-state index is 5.71. The van der Waals surface area contributed by atoms with Crippen LogP contribution in [0.15, 0.2) is 30.7 Å². The van der Waals surface area contributed by atoms with Gasteiger partial charge in [-0.3, -0.25) is 4.98 Å². The summed E-state index contributed by atoms with van der Waals surface area (Å²) in [4.78, 5) is 12.0. The molecule has 0 fully saturated rings. The van der Waals surface area contributed by atoms with E-state index in [2.05, 4.69) is 15.0 Å². The van der Waals surface area contributed by atoms with Crippen molar-refractivity contribution in [3.05, 3.63) is 35.9 Å². The summed E-state index contributed by atoms with van der Waals surface area (Å²) in [6.45, 7) is 0. The van der Waals surface area contributed by atoms with E-state index >= 15 is 0 Å². The highest BCUT2D eigenvalue weighted by molar-refractivity contribution is 6.29. The Morgan fingerprint density at radius 2 is 2.00 bits per heavy atom. The predicted octanol–water partition coefficient (Wildman–Crippen LogP) is 1.77. The zero-order chi connectivity index (χ0) is 9.97. The molecule has 0 aromatic carbocycles. The Morgan fingerprint density at radius 3 is 2.64 bits per heavy atom. The third kappa shape index (κ3) is 1.80. The molecule has 0 saturated carbocycles. The summed E-state index contributed by atoms with van der Waals surface area (Å²) in [7, 11) is 0. The largest absolute Gasteiger partial charge is 0.384 e. The summed E-state index contributed by atoms with van der Waals surface area (Å²) in [5.41, 5.74) is 6.99. The van der Waals surface area contributed by atoms with Crippen LogP contribution in [0.4, 0.5) is 5.82 Å². The third-order valence-corrected chi connectivity index (χ3v) is 1.87. The van der Waals surface area contributed by atoms with Crippen molar-refractivity contribution in [2.75, 3.05) is 5.73 Å². The van der Waals surface area contributed by atoms with Crippen molar-refractivity contribution in [1.29, 1.82) is 0 Å². The average Bonchev–Trinajstić information content (AvgIpc) is 2.19. The normalized spacial score (nSPS) is 10.1. The summed E-state index contributed by atoms with van der Waals surface area (Å²) in [6.07, 6.45) is 4.74. The molecule has 14 heavy (non-hydrogen) atoms. The van der Waals surface area contributed by atoms with Crippen molar-refractivity contribution >= 4 is 17.4 Å². The third-order valence-electron chi connectivity index (χ3n) is 1.69. The summed E-state index contributed by atoms with van der Waals surface area (Å²) >= 11 is 5.71. The molecule has 0 bridgehead atoms. The lowest BCUT2D eigenvalue weighted by molar-refractivity contribution is 1.20. The van der Waals surface area contributed by atoms with Gasteiger partial charge >= 0.3 is 0 Å². The average molecular weight is 207 g/mol. The lowest BCUT2D eigenvalue weighted by atomic mass is 10.2. The summed E-state index contributed by atoms with van der Waals surface area (Å²) < 4.78 is 0. The van der Waals surface area contributed by atoms with Gasteiger partial charge in [-0.15, -0.1) is 0 Å². The molecular formula is C9H7ClN4. The first-order valence-electron chi connectivity index (χ1n) is 3.95. The molecule has 0 spiro atoms. The van der Waals surface area contributed by atoms with Crippen LogP contribution in [0.1, 0.15) is 0 Å². The van der Waals surface area contributed by atoms with Gasteiger partial charge in [0.05, 0.1) is 18.1 Å². The van der Waals surface area contributed by atoms with E-state index in [1.165, 1.54) is 6.20 Å². The number of aromatic nitrogens is 3. The molecule has 2 N–H and O–H groups in total. The van der Waals surface area contributed by atoms with Crippen LogP contribution in [0.2, 0.25) is 5.15 Å². The van der Waals surface area contributed by atoms with Gasteiger partial charge in [0.15, 0.2) is 0 Å². The molecule has 2 aromatic heterocycles. The molecule has 5 heteroatoms. The van der Waals surface area contributed by atoms with Crippen molar-refractivity contribution in [2.24, 2.45) is 0 Å². The Balaban J connectivity index is 2.44. The topological polar surface area (TPSA) is 64.7 Å². The number of rotatable bonds is 1. The van der Waals surface area contributed by atoms with Gasteiger partial charge in [-0.05, 0) is 12.1 Å². The van der Waals surface area contributed by atoms with Crippen molar-refractivity contribution in [2.45, 2.75) is 0 Å². The minimum atomic E-state index is 0.360. The van der Waals surface area contributed by atoms with Crippen LogP contribution in [0, 0.1) is 0 Å². The van der Waals surface area contributed by atoms with Crippen LogP contribution in [-0.2, 0) is 0 Å². The Labute approximate surface area is 85.8 Å². The number of anilines is 1. The lowest BCUT2D eigenvalue weighted by Crippen LogP contribution is -1.91. The molecule has 0 amide bonds. The number of hydrogen-bond donors (Lipinski definition) is 1. The quantitative estimate of drug-likeness (QED) is 0.773. The first-order chi connectivity index (χ1) is 6.75. The smallest absolute Gasteiger partial charge is 0.148 e.